The number of esters is 1. The van der Waals surface area contributed by atoms with E-state index < -0.39 is 42.9 Å². The minimum Gasteiger partial charge on any atom is -0.457 e. The number of carbonyl (C=O) groups excluding carboxylic acids is 2. The van der Waals surface area contributed by atoms with Crippen LogP contribution in [0.5, 0.6) is 0 Å². The summed E-state index contributed by atoms with van der Waals surface area (Å²) in [4.78, 5) is 24.8. The van der Waals surface area contributed by atoms with E-state index in [0.29, 0.717) is 5.56 Å². The van der Waals surface area contributed by atoms with Gasteiger partial charge in [-0.2, -0.15) is 0 Å². The van der Waals surface area contributed by atoms with Crippen LogP contribution in [0.25, 0.3) is 0 Å². The van der Waals surface area contributed by atoms with Gasteiger partial charge in [0.25, 0.3) is 5.91 Å². The van der Waals surface area contributed by atoms with Gasteiger partial charge in [-0.25, -0.2) is 0 Å². The summed E-state index contributed by atoms with van der Waals surface area (Å²) in [6, 6.07) is 17.4. The van der Waals surface area contributed by atoms with Crippen molar-refractivity contribution < 1.29 is 33.3 Å². The third kappa shape index (κ3) is 4.77. The zero-order valence-corrected chi connectivity index (χ0v) is 17.3. The summed E-state index contributed by atoms with van der Waals surface area (Å²) < 4.78 is 29.1. The zero-order valence-electron chi connectivity index (χ0n) is 17.3. The van der Waals surface area contributed by atoms with Crippen molar-refractivity contribution in [2.45, 2.75) is 43.9 Å². The topological polar surface area (TPSA) is 92.3 Å². The molecule has 31 heavy (non-hydrogen) atoms. The van der Waals surface area contributed by atoms with Gasteiger partial charge >= 0.3 is 5.97 Å². The summed E-state index contributed by atoms with van der Waals surface area (Å²) in [6.45, 7) is 1.54. The molecule has 0 aromatic heterocycles. The molecule has 2 aliphatic rings. The van der Waals surface area contributed by atoms with Crippen molar-refractivity contribution in [1.82, 2.24) is 5.32 Å². The Morgan fingerprint density at radius 3 is 2.32 bits per heavy atom. The average Bonchev–Trinajstić information content (AvgIpc) is 2.80. The molecule has 4 rings (SSSR count). The first-order valence-electron chi connectivity index (χ1n) is 10.1. The Hall–Kier alpha value is -2.78. The molecule has 8 nitrogen and oxygen atoms in total. The van der Waals surface area contributed by atoms with Crippen molar-refractivity contribution in [2.24, 2.45) is 0 Å². The van der Waals surface area contributed by atoms with Crippen molar-refractivity contribution in [3.63, 3.8) is 0 Å². The molecule has 2 aromatic carbocycles. The van der Waals surface area contributed by atoms with E-state index in [0.717, 1.165) is 5.56 Å². The van der Waals surface area contributed by atoms with Crippen LogP contribution in [0, 0.1) is 0 Å². The fourth-order valence-electron chi connectivity index (χ4n) is 3.86. The highest BCUT2D eigenvalue weighted by Crippen LogP contribution is 2.35. The smallest absolute Gasteiger partial charge is 0.303 e. The molecule has 2 aliphatic heterocycles. The van der Waals surface area contributed by atoms with Gasteiger partial charge in [0.2, 0.25) is 0 Å². The molecule has 8 heteroatoms. The molecule has 2 fully saturated rings. The largest absolute Gasteiger partial charge is 0.457 e. The van der Waals surface area contributed by atoms with Crippen molar-refractivity contribution in [1.29, 1.82) is 0 Å². The first kappa shape index (κ1) is 21.5. The Morgan fingerprint density at radius 2 is 1.68 bits per heavy atom. The molecule has 1 N–H and O–H groups in total. The fraction of sp³-hybridized carbons (Fsp3) is 0.391. The Kier molecular flexibility index (Phi) is 6.62. The third-order valence-electron chi connectivity index (χ3n) is 5.28. The summed E-state index contributed by atoms with van der Waals surface area (Å²) in [7, 11) is 1.47. The molecule has 0 unspecified atom stereocenters. The molecule has 2 aromatic rings. The maximum Gasteiger partial charge on any atom is 0.303 e. The Labute approximate surface area is 180 Å². The molecule has 0 spiro atoms. The molecule has 0 saturated carbocycles. The van der Waals surface area contributed by atoms with Gasteiger partial charge < -0.3 is 29.0 Å². The number of nitrogens with one attached hydrogen (secondary N) is 1. The zero-order chi connectivity index (χ0) is 21.8. The SMILES string of the molecule is CO[C@H]1O[C@@H]2CO[C@H](c3ccccc3)O[C@H]2[C@@H](OC(C)=O)[C@H]1NC(=O)c1ccccc1. The van der Waals surface area contributed by atoms with Crippen LogP contribution in [0.1, 0.15) is 29.1 Å². The number of amides is 1. The number of benzene rings is 2. The minimum absolute atomic E-state index is 0.223. The summed E-state index contributed by atoms with van der Waals surface area (Å²) in [5.41, 5.74) is 1.30. The molecular formula is C23H25NO7. The first-order chi connectivity index (χ1) is 15.1. The molecule has 0 bridgehead atoms. The van der Waals surface area contributed by atoms with Crippen LogP contribution in [0.2, 0.25) is 0 Å². The van der Waals surface area contributed by atoms with Crippen LogP contribution in [-0.4, -0.2) is 56.2 Å². The number of methoxy groups -OCH3 is 1. The van der Waals surface area contributed by atoms with E-state index in [1.807, 2.05) is 36.4 Å². The van der Waals surface area contributed by atoms with Crippen LogP contribution < -0.4 is 5.32 Å². The van der Waals surface area contributed by atoms with Gasteiger partial charge in [-0.3, -0.25) is 9.59 Å². The molecule has 2 saturated heterocycles. The maximum atomic E-state index is 12.8. The van der Waals surface area contributed by atoms with Gasteiger partial charge in [-0.1, -0.05) is 48.5 Å². The number of ether oxygens (including phenoxy) is 5. The number of hydrogen-bond acceptors (Lipinski definition) is 7. The molecule has 1 amide bonds. The molecule has 2 heterocycles. The summed E-state index contributed by atoms with van der Waals surface area (Å²) in [5.74, 6) is -0.829. The second kappa shape index (κ2) is 9.57. The van der Waals surface area contributed by atoms with E-state index >= 15 is 0 Å². The predicted molar refractivity (Wildman–Crippen MR) is 109 cm³/mol. The second-order valence-corrected chi connectivity index (χ2v) is 7.39. The lowest BCUT2D eigenvalue weighted by atomic mass is 9.95. The van der Waals surface area contributed by atoms with Gasteiger partial charge in [-0.15, -0.1) is 0 Å². The molecule has 164 valence electrons. The monoisotopic (exact) mass is 427 g/mol. The van der Waals surface area contributed by atoms with Crippen molar-refractivity contribution >= 4 is 11.9 Å². The summed E-state index contributed by atoms with van der Waals surface area (Å²) in [5, 5.41) is 2.89. The van der Waals surface area contributed by atoms with E-state index in [4.69, 9.17) is 23.7 Å². The second-order valence-electron chi connectivity index (χ2n) is 7.39. The Bertz CT molecular complexity index is 891. The minimum atomic E-state index is -0.848. The van der Waals surface area contributed by atoms with Crippen molar-refractivity contribution in [2.75, 3.05) is 13.7 Å². The highest BCUT2D eigenvalue weighted by molar-refractivity contribution is 5.94. The maximum absolute atomic E-state index is 12.8. The van der Waals surface area contributed by atoms with Gasteiger partial charge in [0.05, 0.1) is 6.61 Å². The lowest BCUT2D eigenvalue weighted by Gasteiger charge is -2.48. The standard InChI is InChI=1S/C23H25NO7/c1-14(25)29-20-18(24-21(26)15-9-5-3-6-10-15)23(27-2)30-17-13-28-22(31-19(17)20)16-11-7-4-8-12-16/h3-12,17-20,22-23H,13H2,1-2H3,(H,24,26)/t17-,18-,19-,20+,22+,23+/m1/s1. The van der Waals surface area contributed by atoms with E-state index in [2.05, 4.69) is 5.32 Å². The van der Waals surface area contributed by atoms with E-state index in [-0.39, 0.29) is 12.5 Å². The number of hydrogen-bond donors (Lipinski definition) is 1. The first-order valence-corrected chi connectivity index (χ1v) is 10.1. The summed E-state index contributed by atoms with van der Waals surface area (Å²) in [6.07, 6.45) is -3.51. The van der Waals surface area contributed by atoms with E-state index in [1.165, 1.54) is 14.0 Å². The number of rotatable bonds is 5. The van der Waals surface area contributed by atoms with Gasteiger partial charge in [0.15, 0.2) is 18.7 Å². The predicted octanol–water partition coefficient (Wildman–Crippen LogP) is 2.20. The van der Waals surface area contributed by atoms with Crippen LogP contribution in [0.4, 0.5) is 0 Å². The average molecular weight is 427 g/mol. The highest BCUT2D eigenvalue weighted by atomic mass is 16.7. The molecule has 0 aliphatic carbocycles. The lowest BCUT2D eigenvalue weighted by molar-refractivity contribution is -0.341. The van der Waals surface area contributed by atoms with E-state index in [9.17, 15) is 9.59 Å². The Balaban J connectivity index is 1.60. The fourth-order valence-corrected chi connectivity index (χ4v) is 3.86. The number of fused-ring (bicyclic) bond motifs is 1. The highest BCUT2D eigenvalue weighted by Gasteiger charge is 2.52. The summed E-state index contributed by atoms with van der Waals surface area (Å²) >= 11 is 0. The van der Waals surface area contributed by atoms with Gasteiger partial charge in [-0.05, 0) is 12.1 Å². The lowest BCUT2D eigenvalue weighted by Crippen LogP contribution is -2.67. The van der Waals surface area contributed by atoms with Crippen molar-refractivity contribution in [3.05, 3.63) is 71.8 Å². The Morgan fingerprint density at radius 1 is 1.00 bits per heavy atom. The van der Waals surface area contributed by atoms with E-state index in [1.54, 1.807) is 24.3 Å². The molecule has 6 atom stereocenters. The third-order valence-corrected chi connectivity index (χ3v) is 5.28. The van der Waals surface area contributed by atoms with Crippen molar-refractivity contribution in [3.8, 4) is 0 Å². The van der Waals surface area contributed by atoms with Crippen LogP contribution in [0.15, 0.2) is 60.7 Å². The normalized spacial score (nSPS) is 30.1. The molecule has 0 radical (unpaired) electrons. The van der Waals surface area contributed by atoms with Crippen LogP contribution in [0.3, 0.4) is 0 Å². The van der Waals surface area contributed by atoms with Gasteiger partial charge in [0.1, 0.15) is 18.2 Å². The number of carbonyl (C=O) groups is 2. The van der Waals surface area contributed by atoms with Gasteiger partial charge in [0, 0.05) is 25.2 Å². The van der Waals surface area contributed by atoms with Crippen LogP contribution >= 0.6 is 0 Å². The van der Waals surface area contributed by atoms with Crippen LogP contribution in [-0.2, 0) is 28.5 Å². The molecular weight excluding hydrogens is 402 g/mol. The quantitative estimate of drug-likeness (QED) is 0.732.